The van der Waals surface area contributed by atoms with Gasteiger partial charge in [0.2, 0.25) is 0 Å². The summed E-state index contributed by atoms with van der Waals surface area (Å²) in [7, 11) is -2.90. The Balaban J connectivity index is 1.58. The number of benzene rings is 5. The van der Waals surface area contributed by atoms with E-state index in [2.05, 4.69) is 220 Å². The molecule has 0 aliphatic carbocycles. The number of pyridine rings is 1. The van der Waals surface area contributed by atoms with Gasteiger partial charge in [0, 0.05) is 0 Å². The van der Waals surface area contributed by atoms with Crippen LogP contribution in [0, 0.1) is 0 Å². The van der Waals surface area contributed by atoms with Crippen molar-refractivity contribution < 1.29 is 4.43 Å². The maximum atomic E-state index is 8.02. The minimum absolute atomic E-state index is 0.159. The van der Waals surface area contributed by atoms with Gasteiger partial charge in [-0.25, -0.2) is 0 Å². The molecule has 0 aliphatic heterocycles. The van der Waals surface area contributed by atoms with E-state index in [4.69, 9.17) is 9.41 Å². The molecule has 0 aliphatic rings. The molecule has 0 amide bonds. The second-order valence-corrected chi connectivity index (χ2v) is 29.1. The van der Waals surface area contributed by atoms with E-state index in [1.165, 1.54) is 31.9 Å². The molecule has 1 aromatic heterocycles. The molecular weight excluding hydrogens is 756 g/mol. The molecule has 254 valence electrons. The number of hydrogen-bond donors (Lipinski definition) is 0. The van der Waals surface area contributed by atoms with Gasteiger partial charge in [-0.2, -0.15) is 0 Å². The van der Waals surface area contributed by atoms with Crippen molar-refractivity contribution in [1.82, 2.24) is 4.98 Å². The average molecular weight is 804 g/mol. The Morgan fingerprint density at radius 1 is 0.640 bits per heavy atom. The number of nitrogens with zero attached hydrogens (tertiary/aromatic N) is 1. The van der Waals surface area contributed by atoms with Crippen LogP contribution in [-0.2, 0) is 4.43 Å². The third-order valence-corrected chi connectivity index (χ3v) is 26.7. The van der Waals surface area contributed by atoms with Crippen LogP contribution in [0.3, 0.4) is 0 Å². The third kappa shape index (κ3) is 6.96. The first-order chi connectivity index (χ1) is 24.2. The van der Waals surface area contributed by atoms with Gasteiger partial charge in [-0.05, 0) is 0 Å². The van der Waals surface area contributed by atoms with Crippen molar-refractivity contribution in [2.45, 2.75) is 45.3 Å². The summed E-state index contributed by atoms with van der Waals surface area (Å²) in [6.07, 6.45) is 5.70. The SMILES string of the molecule is C/C(=C\c1ccccn1)[C@H](CCP(I)(c1ccccc1)(c1ccccc1)c1ccccc1)O[Si](c1ccccc1)(c1ccccc1)C(C)(C)C. The Hall–Kier alpha value is -3.67. The quantitative estimate of drug-likeness (QED) is 0.0699. The van der Waals surface area contributed by atoms with Crippen molar-refractivity contribution in [3.63, 3.8) is 0 Å². The summed E-state index contributed by atoms with van der Waals surface area (Å²) in [5.74, 6) is 0. The van der Waals surface area contributed by atoms with E-state index in [0.29, 0.717) is 0 Å². The normalized spacial score (nSPS) is 14.0. The van der Waals surface area contributed by atoms with Crippen LogP contribution >= 0.6 is 26.3 Å². The number of rotatable bonds is 12. The molecule has 1 atom stereocenters. The zero-order chi connectivity index (χ0) is 35.1. The molecule has 5 aromatic carbocycles. The van der Waals surface area contributed by atoms with E-state index >= 15 is 0 Å². The number of halogens is 1. The first-order valence-corrected chi connectivity index (χ1v) is 24.6. The molecule has 0 fully saturated rings. The molecule has 1 heterocycles. The Bertz CT molecular complexity index is 1850. The predicted molar refractivity (Wildman–Crippen MR) is 229 cm³/mol. The molecule has 0 saturated heterocycles. The fraction of sp³-hybridized carbons (Fsp3) is 0.178. The van der Waals surface area contributed by atoms with Crippen LogP contribution in [0.25, 0.3) is 6.08 Å². The van der Waals surface area contributed by atoms with Gasteiger partial charge in [0.15, 0.2) is 0 Å². The van der Waals surface area contributed by atoms with E-state index in [-0.39, 0.29) is 11.1 Å². The Morgan fingerprint density at radius 3 is 1.42 bits per heavy atom. The van der Waals surface area contributed by atoms with Gasteiger partial charge in [-0.3, -0.25) is 0 Å². The van der Waals surface area contributed by atoms with Crippen LogP contribution < -0.4 is 26.3 Å². The van der Waals surface area contributed by atoms with Gasteiger partial charge in [-0.1, -0.05) is 0 Å². The molecule has 0 unspecified atom stereocenters. The first-order valence-electron chi connectivity index (χ1n) is 17.4. The minimum atomic E-state index is -3.07. The summed E-state index contributed by atoms with van der Waals surface area (Å²) in [4.78, 5) is 4.71. The Labute approximate surface area is 313 Å². The summed E-state index contributed by atoms with van der Waals surface area (Å²) >= 11 is 2.92. The van der Waals surface area contributed by atoms with E-state index in [1.54, 1.807) is 0 Å². The summed E-state index contributed by atoms with van der Waals surface area (Å²) in [5.41, 5.74) is 2.13. The van der Waals surface area contributed by atoms with Crippen LogP contribution in [0.15, 0.2) is 182 Å². The van der Waals surface area contributed by atoms with Crippen molar-refractivity contribution in [3.05, 3.63) is 187 Å². The van der Waals surface area contributed by atoms with Crippen molar-refractivity contribution in [1.29, 1.82) is 0 Å². The topological polar surface area (TPSA) is 22.1 Å². The molecule has 50 heavy (non-hydrogen) atoms. The monoisotopic (exact) mass is 803 g/mol. The van der Waals surface area contributed by atoms with Crippen LogP contribution in [0.2, 0.25) is 5.04 Å². The molecule has 0 saturated carbocycles. The molecule has 2 nitrogen and oxygen atoms in total. The van der Waals surface area contributed by atoms with Crippen LogP contribution in [0.1, 0.15) is 39.8 Å². The molecule has 0 radical (unpaired) electrons. The molecule has 0 spiro atoms. The maximum absolute atomic E-state index is 8.02. The summed E-state index contributed by atoms with van der Waals surface area (Å²) in [5, 5.41) is 6.56. The van der Waals surface area contributed by atoms with Crippen LogP contribution in [0.5, 0.6) is 0 Å². The number of aromatic nitrogens is 1. The molecule has 6 rings (SSSR count). The molecular formula is C45H47INOPSi. The van der Waals surface area contributed by atoms with Crippen LogP contribution in [-0.4, -0.2) is 25.6 Å². The number of hydrogen-bond acceptors (Lipinski definition) is 2. The van der Waals surface area contributed by atoms with Crippen molar-refractivity contribution in [2.24, 2.45) is 0 Å². The first kappa shape index (κ1) is 36.1. The summed E-state index contributed by atoms with van der Waals surface area (Å²) < 4.78 is 4.95. The Kier molecular flexibility index (Phi) is 11.0. The predicted octanol–water partition coefficient (Wildman–Crippen LogP) is 9.70. The molecule has 0 N–H and O–H groups in total. The van der Waals surface area contributed by atoms with E-state index in [9.17, 15) is 0 Å². The Morgan fingerprint density at radius 2 is 1.04 bits per heavy atom. The van der Waals surface area contributed by atoms with Gasteiger partial charge >= 0.3 is 315 Å². The standard InChI is InChI=1S/C45H47INOPSi/c1-37(36-38-22-20-21-34-47-38)44(48-50(45(2,3)4,42-29-16-8-17-30-42)43-31-18-9-19-32-43)33-35-49(46,39-23-10-5-11-24-39,40-25-12-6-13-26-40)41-27-14-7-15-28-41/h5-32,34,36,44H,33,35H2,1-4H3/b37-36+/t44-/m0/s1. The molecule has 0 bridgehead atoms. The fourth-order valence-corrected chi connectivity index (χ4v) is 20.7. The second kappa shape index (κ2) is 15.3. The van der Waals surface area contributed by atoms with Crippen molar-refractivity contribution in [2.75, 3.05) is 6.16 Å². The van der Waals surface area contributed by atoms with Crippen LogP contribution in [0.4, 0.5) is 0 Å². The zero-order valence-corrected chi connectivity index (χ0v) is 33.5. The van der Waals surface area contributed by atoms with Gasteiger partial charge < -0.3 is 0 Å². The third-order valence-electron chi connectivity index (χ3n) is 10.0. The van der Waals surface area contributed by atoms with Gasteiger partial charge in [-0.15, -0.1) is 0 Å². The van der Waals surface area contributed by atoms with Crippen molar-refractivity contribution in [3.8, 4) is 0 Å². The van der Waals surface area contributed by atoms with Gasteiger partial charge in [0.25, 0.3) is 0 Å². The van der Waals surface area contributed by atoms with Crippen molar-refractivity contribution >= 4 is 67.0 Å². The zero-order valence-electron chi connectivity index (χ0n) is 29.5. The van der Waals surface area contributed by atoms with E-state index < -0.39 is 12.6 Å². The van der Waals surface area contributed by atoms with E-state index in [1.807, 2.05) is 12.3 Å². The average Bonchev–Trinajstić information content (AvgIpc) is 3.16. The summed E-state index contributed by atoms with van der Waals surface area (Å²) in [6.45, 7) is 9.34. The second-order valence-electron chi connectivity index (χ2n) is 14.1. The van der Waals surface area contributed by atoms with E-state index in [0.717, 1.165) is 18.3 Å². The van der Waals surface area contributed by atoms with Gasteiger partial charge in [0.1, 0.15) is 0 Å². The molecule has 6 aromatic rings. The summed E-state index contributed by atoms with van der Waals surface area (Å²) in [6, 6.07) is 61.8. The van der Waals surface area contributed by atoms with Gasteiger partial charge in [0.05, 0.1) is 0 Å². The fourth-order valence-electron chi connectivity index (χ4n) is 7.48. The molecule has 5 heteroatoms.